The number of benzene rings is 1. The van der Waals surface area contributed by atoms with E-state index >= 15 is 0 Å². The van der Waals surface area contributed by atoms with Crippen LogP contribution in [0.3, 0.4) is 0 Å². The molecule has 1 atom stereocenters. The van der Waals surface area contributed by atoms with E-state index in [1.807, 2.05) is 13.8 Å². The molecular formula is C11H15BF3KO. The summed E-state index contributed by atoms with van der Waals surface area (Å²) in [6.07, 6.45) is 0.990. The average Bonchev–Trinajstić information content (AvgIpc) is 2.25. The summed E-state index contributed by atoms with van der Waals surface area (Å²) in [5.41, 5.74) is -0.587. The van der Waals surface area contributed by atoms with Crippen molar-refractivity contribution in [1.82, 2.24) is 0 Å². The van der Waals surface area contributed by atoms with Crippen LogP contribution in [0, 0.1) is 5.92 Å². The van der Waals surface area contributed by atoms with E-state index < -0.39 is 12.4 Å². The fourth-order valence-corrected chi connectivity index (χ4v) is 1.14. The van der Waals surface area contributed by atoms with Crippen molar-refractivity contribution in [3.63, 3.8) is 0 Å². The van der Waals surface area contributed by atoms with Gasteiger partial charge in [0.2, 0.25) is 0 Å². The molecule has 1 aromatic rings. The monoisotopic (exact) mass is 270 g/mol. The third kappa shape index (κ3) is 6.29. The van der Waals surface area contributed by atoms with E-state index in [1.54, 1.807) is 0 Å². The molecule has 1 rings (SSSR count). The normalized spacial score (nSPS) is 12.8. The number of ether oxygens (including phenoxy) is 1. The van der Waals surface area contributed by atoms with Crippen molar-refractivity contribution in [3.05, 3.63) is 24.3 Å². The van der Waals surface area contributed by atoms with Crippen molar-refractivity contribution in [2.75, 3.05) is 6.61 Å². The van der Waals surface area contributed by atoms with Gasteiger partial charge >= 0.3 is 58.4 Å². The molecule has 1 unspecified atom stereocenters. The van der Waals surface area contributed by atoms with Gasteiger partial charge in [0.15, 0.2) is 0 Å². The van der Waals surface area contributed by atoms with Gasteiger partial charge in [-0.2, -0.15) is 0 Å². The summed E-state index contributed by atoms with van der Waals surface area (Å²) in [6.45, 7) is -0.289. The maximum Gasteiger partial charge on any atom is 1.00 e. The number of rotatable bonds is 5. The van der Waals surface area contributed by atoms with E-state index in [9.17, 15) is 12.9 Å². The third-order valence-electron chi connectivity index (χ3n) is 2.49. The minimum Gasteiger partial charge on any atom is -0.493 e. The van der Waals surface area contributed by atoms with Crippen LogP contribution in [0.5, 0.6) is 5.75 Å². The van der Waals surface area contributed by atoms with Crippen LogP contribution in [0.25, 0.3) is 0 Å². The summed E-state index contributed by atoms with van der Waals surface area (Å²) in [6, 6.07) is 4.86. The summed E-state index contributed by atoms with van der Waals surface area (Å²) >= 11 is 0. The summed E-state index contributed by atoms with van der Waals surface area (Å²) in [4.78, 5) is 0. The molecule has 0 aliphatic heterocycles. The fourth-order valence-electron chi connectivity index (χ4n) is 1.14. The van der Waals surface area contributed by atoms with E-state index in [4.69, 9.17) is 4.74 Å². The predicted molar refractivity (Wildman–Crippen MR) is 60.1 cm³/mol. The van der Waals surface area contributed by atoms with Gasteiger partial charge in [0.05, 0.1) is 6.61 Å². The Kier molecular flexibility index (Phi) is 8.08. The Balaban J connectivity index is 0.00000256. The molecule has 0 saturated heterocycles. The van der Waals surface area contributed by atoms with Gasteiger partial charge in [0.1, 0.15) is 5.75 Å². The van der Waals surface area contributed by atoms with Gasteiger partial charge in [0.25, 0.3) is 0 Å². The molecule has 90 valence electrons. The van der Waals surface area contributed by atoms with Crippen LogP contribution >= 0.6 is 0 Å². The van der Waals surface area contributed by atoms with E-state index in [0.717, 1.165) is 18.6 Å². The molecule has 1 nitrogen and oxygen atoms in total. The molecule has 0 amide bonds. The molecule has 1 aromatic carbocycles. The van der Waals surface area contributed by atoms with E-state index in [-0.39, 0.29) is 51.4 Å². The molecular weight excluding hydrogens is 255 g/mol. The van der Waals surface area contributed by atoms with Gasteiger partial charge in [-0.1, -0.05) is 32.4 Å². The first kappa shape index (κ1) is 17.5. The van der Waals surface area contributed by atoms with Gasteiger partial charge in [-0.25, -0.2) is 0 Å². The molecule has 0 radical (unpaired) electrons. The first-order valence-corrected chi connectivity index (χ1v) is 5.36. The Morgan fingerprint density at radius 2 is 1.71 bits per heavy atom. The van der Waals surface area contributed by atoms with Crippen LogP contribution < -0.4 is 61.6 Å². The predicted octanol–water partition coefficient (Wildman–Crippen LogP) is 0.170. The molecule has 0 heterocycles. The molecule has 0 fully saturated rings. The third-order valence-corrected chi connectivity index (χ3v) is 2.49. The maximum atomic E-state index is 12.3. The molecule has 6 heteroatoms. The Bertz CT molecular complexity index is 326. The molecule has 0 bridgehead atoms. The van der Waals surface area contributed by atoms with Gasteiger partial charge in [-0.05, 0) is 18.1 Å². The van der Waals surface area contributed by atoms with Crippen molar-refractivity contribution in [2.24, 2.45) is 5.92 Å². The number of hydrogen-bond donors (Lipinski definition) is 0. The smallest absolute Gasteiger partial charge is 0.493 e. The zero-order chi connectivity index (χ0) is 12.2. The van der Waals surface area contributed by atoms with Crippen molar-refractivity contribution in [2.45, 2.75) is 20.3 Å². The zero-order valence-corrected chi connectivity index (χ0v) is 13.5. The van der Waals surface area contributed by atoms with Crippen LogP contribution in [0.2, 0.25) is 0 Å². The number of halogens is 3. The van der Waals surface area contributed by atoms with E-state index in [2.05, 4.69) is 0 Å². The Hall–Kier alpha value is 0.511. The van der Waals surface area contributed by atoms with Gasteiger partial charge in [-0.3, -0.25) is 0 Å². The quantitative estimate of drug-likeness (QED) is 0.693. The maximum absolute atomic E-state index is 12.3. The summed E-state index contributed by atoms with van der Waals surface area (Å²) in [5, 5.41) is 0. The Morgan fingerprint density at radius 1 is 1.18 bits per heavy atom. The molecule has 0 aliphatic carbocycles. The number of hydrogen-bond acceptors (Lipinski definition) is 1. The zero-order valence-electron chi connectivity index (χ0n) is 10.4. The SMILES string of the molecule is CCC(C)COc1ccc([B-](F)(F)F)cc1.[K+]. The topological polar surface area (TPSA) is 9.23 Å². The molecule has 0 saturated carbocycles. The second-order valence-electron chi connectivity index (χ2n) is 3.97. The van der Waals surface area contributed by atoms with Crippen molar-refractivity contribution in [3.8, 4) is 5.75 Å². The van der Waals surface area contributed by atoms with E-state index in [1.165, 1.54) is 12.1 Å². The van der Waals surface area contributed by atoms with Gasteiger partial charge < -0.3 is 17.7 Å². The first-order valence-electron chi connectivity index (χ1n) is 5.36. The largest absolute Gasteiger partial charge is 1.00 e. The van der Waals surface area contributed by atoms with Gasteiger partial charge in [-0.15, -0.1) is 5.46 Å². The Labute approximate surface area is 143 Å². The second-order valence-corrected chi connectivity index (χ2v) is 3.97. The fraction of sp³-hybridized carbons (Fsp3) is 0.455. The second kappa shape index (κ2) is 7.84. The summed E-state index contributed by atoms with van der Waals surface area (Å²) < 4.78 is 42.3. The van der Waals surface area contributed by atoms with Crippen LogP contribution in [0.4, 0.5) is 12.9 Å². The average molecular weight is 270 g/mol. The van der Waals surface area contributed by atoms with Crippen LogP contribution in [0.15, 0.2) is 24.3 Å². The minimum absolute atomic E-state index is 0. The first-order chi connectivity index (χ1) is 7.43. The van der Waals surface area contributed by atoms with Gasteiger partial charge in [0, 0.05) is 0 Å². The molecule has 17 heavy (non-hydrogen) atoms. The molecule has 0 spiro atoms. The van der Waals surface area contributed by atoms with Crippen molar-refractivity contribution in [1.29, 1.82) is 0 Å². The Morgan fingerprint density at radius 3 is 2.12 bits per heavy atom. The standard InChI is InChI=1S/C11H15BF3O.K/c1-3-9(2)8-16-11-6-4-10(5-7-11)12(13,14)15;/h4-7,9H,3,8H2,1-2H3;/q-1;+1. The van der Waals surface area contributed by atoms with E-state index in [0.29, 0.717) is 18.3 Å². The molecule has 0 aromatic heterocycles. The molecule has 0 aliphatic rings. The van der Waals surface area contributed by atoms with Crippen LogP contribution in [-0.4, -0.2) is 13.6 Å². The van der Waals surface area contributed by atoms with Crippen LogP contribution in [0.1, 0.15) is 20.3 Å². The minimum atomic E-state index is -4.90. The molecule has 0 N–H and O–H groups in total. The summed E-state index contributed by atoms with van der Waals surface area (Å²) in [5.74, 6) is 0.899. The van der Waals surface area contributed by atoms with Crippen LogP contribution in [-0.2, 0) is 0 Å². The van der Waals surface area contributed by atoms with Crippen molar-refractivity contribution >= 4 is 12.4 Å². The van der Waals surface area contributed by atoms with Crippen molar-refractivity contribution < 1.29 is 69.1 Å². The summed E-state index contributed by atoms with van der Waals surface area (Å²) in [7, 11) is 0.